The number of amides is 1. The summed E-state index contributed by atoms with van der Waals surface area (Å²) in [4.78, 5) is 29.6. The Balaban J connectivity index is 1.74. The molecular formula is C23H19N3O2. The molecule has 0 unspecified atom stereocenters. The molecule has 1 N–H and O–H groups in total. The molecule has 0 atom stereocenters. The summed E-state index contributed by atoms with van der Waals surface area (Å²) in [5.41, 5.74) is 3.42. The third-order valence-corrected chi connectivity index (χ3v) is 4.66. The standard InChI is InChI=1S/C23H19N3O2/c1-16-9-5-7-13-19(16)24-21(27)15-26-20-14-8-6-12-18(20)22(25-23(26)28)17-10-3-2-4-11-17/h2-14H,15H2,1H3,(H,24,27). The highest BCUT2D eigenvalue weighted by Gasteiger charge is 2.14. The van der Waals surface area contributed by atoms with Crippen LogP contribution in [0.5, 0.6) is 0 Å². The molecule has 4 rings (SSSR count). The van der Waals surface area contributed by atoms with Crippen molar-refractivity contribution in [2.75, 3.05) is 5.32 Å². The lowest BCUT2D eigenvalue weighted by molar-refractivity contribution is -0.116. The Morgan fingerprint density at radius 3 is 2.39 bits per heavy atom. The molecule has 1 heterocycles. The van der Waals surface area contributed by atoms with Gasteiger partial charge in [0, 0.05) is 16.6 Å². The molecule has 0 fully saturated rings. The predicted octanol–water partition coefficient (Wildman–Crippen LogP) is 4.01. The normalized spacial score (nSPS) is 10.8. The van der Waals surface area contributed by atoms with Gasteiger partial charge in [0.1, 0.15) is 6.54 Å². The van der Waals surface area contributed by atoms with Gasteiger partial charge < -0.3 is 5.32 Å². The lowest BCUT2D eigenvalue weighted by atomic mass is 10.1. The molecule has 0 radical (unpaired) electrons. The zero-order valence-electron chi connectivity index (χ0n) is 15.4. The number of hydrogen-bond donors (Lipinski definition) is 1. The molecule has 3 aromatic carbocycles. The lowest BCUT2D eigenvalue weighted by Crippen LogP contribution is -2.30. The van der Waals surface area contributed by atoms with Crippen LogP contribution in [0.2, 0.25) is 0 Å². The van der Waals surface area contributed by atoms with E-state index in [2.05, 4.69) is 10.3 Å². The van der Waals surface area contributed by atoms with Gasteiger partial charge in [0.05, 0.1) is 11.2 Å². The van der Waals surface area contributed by atoms with Crippen LogP contribution in [-0.2, 0) is 11.3 Å². The number of aryl methyl sites for hydroxylation is 1. The van der Waals surface area contributed by atoms with E-state index in [1.54, 1.807) is 0 Å². The summed E-state index contributed by atoms with van der Waals surface area (Å²) in [7, 11) is 0. The van der Waals surface area contributed by atoms with E-state index in [0.717, 1.165) is 22.2 Å². The molecule has 1 amide bonds. The van der Waals surface area contributed by atoms with E-state index in [4.69, 9.17) is 0 Å². The van der Waals surface area contributed by atoms with Gasteiger partial charge in [0.2, 0.25) is 5.91 Å². The van der Waals surface area contributed by atoms with E-state index in [9.17, 15) is 9.59 Å². The number of nitrogens with zero attached hydrogens (tertiary/aromatic N) is 2. The van der Waals surface area contributed by atoms with Crippen LogP contribution in [0.4, 0.5) is 5.69 Å². The summed E-state index contributed by atoms with van der Waals surface area (Å²) in [6.07, 6.45) is 0. The van der Waals surface area contributed by atoms with E-state index in [1.165, 1.54) is 4.57 Å². The van der Waals surface area contributed by atoms with Crippen LogP contribution in [0.1, 0.15) is 5.56 Å². The zero-order chi connectivity index (χ0) is 19.5. The molecule has 4 aromatic rings. The average molecular weight is 369 g/mol. The van der Waals surface area contributed by atoms with Crippen LogP contribution in [-0.4, -0.2) is 15.5 Å². The second kappa shape index (κ2) is 7.48. The van der Waals surface area contributed by atoms with Crippen LogP contribution in [0.15, 0.2) is 83.7 Å². The van der Waals surface area contributed by atoms with Crippen LogP contribution in [0.3, 0.4) is 0 Å². The number of para-hydroxylation sites is 2. The van der Waals surface area contributed by atoms with Gasteiger partial charge in [-0.05, 0) is 24.6 Å². The van der Waals surface area contributed by atoms with Gasteiger partial charge in [-0.3, -0.25) is 9.36 Å². The maximum absolute atomic E-state index is 12.8. The third kappa shape index (κ3) is 3.42. The minimum absolute atomic E-state index is 0.101. The maximum atomic E-state index is 12.8. The Kier molecular flexibility index (Phi) is 4.72. The Hall–Kier alpha value is -3.73. The fourth-order valence-corrected chi connectivity index (χ4v) is 3.24. The zero-order valence-corrected chi connectivity index (χ0v) is 15.4. The summed E-state index contributed by atoms with van der Waals surface area (Å²) < 4.78 is 1.41. The summed E-state index contributed by atoms with van der Waals surface area (Å²) in [5.74, 6) is -0.268. The molecular weight excluding hydrogens is 350 g/mol. The second-order valence-corrected chi connectivity index (χ2v) is 6.58. The first-order chi connectivity index (χ1) is 13.6. The summed E-state index contributed by atoms with van der Waals surface area (Å²) in [5, 5.41) is 3.70. The molecule has 5 heteroatoms. The van der Waals surface area contributed by atoms with Crippen LogP contribution in [0, 0.1) is 6.92 Å². The number of benzene rings is 3. The topological polar surface area (TPSA) is 64.0 Å². The quantitative estimate of drug-likeness (QED) is 0.591. The number of fused-ring (bicyclic) bond motifs is 1. The number of aromatic nitrogens is 2. The summed E-state index contributed by atoms with van der Waals surface area (Å²) >= 11 is 0. The number of carbonyl (C=O) groups excluding carboxylic acids is 1. The van der Waals surface area contributed by atoms with Crippen LogP contribution in [0.25, 0.3) is 22.2 Å². The average Bonchev–Trinajstić information content (AvgIpc) is 2.72. The number of anilines is 1. The Morgan fingerprint density at radius 1 is 0.929 bits per heavy atom. The lowest BCUT2D eigenvalue weighted by Gasteiger charge is -2.13. The number of carbonyl (C=O) groups is 1. The van der Waals surface area contributed by atoms with Gasteiger partial charge in [-0.1, -0.05) is 66.7 Å². The highest BCUT2D eigenvalue weighted by atomic mass is 16.2. The van der Waals surface area contributed by atoms with Crippen molar-refractivity contribution in [2.24, 2.45) is 0 Å². The first kappa shape index (κ1) is 17.7. The van der Waals surface area contributed by atoms with Crippen molar-refractivity contribution in [3.05, 3.63) is 94.9 Å². The maximum Gasteiger partial charge on any atom is 0.349 e. The van der Waals surface area contributed by atoms with E-state index < -0.39 is 5.69 Å². The molecule has 0 saturated carbocycles. The summed E-state index contributed by atoms with van der Waals surface area (Å²) in [6.45, 7) is 1.82. The number of rotatable bonds is 4. The molecule has 0 bridgehead atoms. The van der Waals surface area contributed by atoms with E-state index in [-0.39, 0.29) is 12.5 Å². The molecule has 0 aliphatic heterocycles. The molecule has 138 valence electrons. The Bertz CT molecular complexity index is 1210. The number of hydrogen-bond acceptors (Lipinski definition) is 3. The molecule has 0 saturated heterocycles. The smallest absolute Gasteiger partial charge is 0.324 e. The first-order valence-corrected chi connectivity index (χ1v) is 9.04. The third-order valence-electron chi connectivity index (χ3n) is 4.66. The molecule has 0 aliphatic carbocycles. The summed E-state index contributed by atoms with van der Waals surface area (Å²) in [6, 6.07) is 24.6. The molecule has 0 aliphatic rings. The highest BCUT2D eigenvalue weighted by Crippen LogP contribution is 2.25. The van der Waals surface area contributed by atoms with Crippen molar-refractivity contribution < 1.29 is 4.79 Å². The monoisotopic (exact) mass is 369 g/mol. The fraction of sp³-hybridized carbons (Fsp3) is 0.0870. The van der Waals surface area contributed by atoms with E-state index >= 15 is 0 Å². The van der Waals surface area contributed by atoms with Crippen LogP contribution >= 0.6 is 0 Å². The Labute approximate surface area is 162 Å². The van der Waals surface area contributed by atoms with Gasteiger partial charge >= 0.3 is 5.69 Å². The minimum atomic E-state index is -0.447. The van der Waals surface area contributed by atoms with Gasteiger partial charge in [-0.2, -0.15) is 4.98 Å². The van der Waals surface area contributed by atoms with Gasteiger partial charge in [-0.25, -0.2) is 4.79 Å². The SMILES string of the molecule is Cc1ccccc1NC(=O)Cn1c(=O)nc(-c2ccccc2)c2ccccc21. The Morgan fingerprint density at radius 2 is 1.61 bits per heavy atom. The van der Waals surface area contributed by atoms with Crippen molar-refractivity contribution in [2.45, 2.75) is 13.5 Å². The molecule has 28 heavy (non-hydrogen) atoms. The second-order valence-electron chi connectivity index (χ2n) is 6.58. The van der Waals surface area contributed by atoms with Crippen molar-refractivity contribution in [1.82, 2.24) is 9.55 Å². The van der Waals surface area contributed by atoms with Gasteiger partial charge in [0.15, 0.2) is 0 Å². The molecule has 5 nitrogen and oxygen atoms in total. The van der Waals surface area contributed by atoms with E-state index in [0.29, 0.717) is 11.2 Å². The van der Waals surface area contributed by atoms with Crippen molar-refractivity contribution >= 4 is 22.5 Å². The van der Waals surface area contributed by atoms with Gasteiger partial charge in [0.25, 0.3) is 0 Å². The molecule has 0 spiro atoms. The van der Waals surface area contributed by atoms with Crippen molar-refractivity contribution in [3.8, 4) is 11.3 Å². The molecule has 1 aromatic heterocycles. The first-order valence-electron chi connectivity index (χ1n) is 9.04. The predicted molar refractivity (Wildman–Crippen MR) is 111 cm³/mol. The van der Waals surface area contributed by atoms with Crippen molar-refractivity contribution in [3.63, 3.8) is 0 Å². The highest BCUT2D eigenvalue weighted by molar-refractivity contribution is 5.95. The van der Waals surface area contributed by atoms with Crippen molar-refractivity contribution in [1.29, 1.82) is 0 Å². The largest absolute Gasteiger partial charge is 0.349 e. The fourth-order valence-electron chi connectivity index (χ4n) is 3.24. The van der Waals surface area contributed by atoms with E-state index in [1.807, 2.05) is 85.8 Å². The van der Waals surface area contributed by atoms with Gasteiger partial charge in [-0.15, -0.1) is 0 Å². The van der Waals surface area contributed by atoms with Crippen LogP contribution < -0.4 is 11.0 Å². The minimum Gasteiger partial charge on any atom is -0.324 e. The number of nitrogens with one attached hydrogen (secondary N) is 1.